The molecule has 0 aromatic rings. The van der Waals surface area contributed by atoms with Gasteiger partial charge in [0.1, 0.15) is 0 Å². The van der Waals surface area contributed by atoms with Crippen LogP contribution in [0.5, 0.6) is 0 Å². The standard InChI is InChI=1S/C13H24N2O5/c1-9(12(16)14-5-4-6-19-3)15(2)11-8-20-7-10(11)13(17)18/h9-11H,4-8H2,1-3H3,(H,14,16)(H,17,18). The molecule has 7 nitrogen and oxygen atoms in total. The van der Waals surface area contributed by atoms with Crippen molar-refractivity contribution in [2.24, 2.45) is 5.92 Å². The number of likely N-dealkylation sites (N-methyl/N-ethyl adjacent to an activating group) is 1. The van der Waals surface area contributed by atoms with E-state index >= 15 is 0 Å². The van der Waals surface area contributed by atoms with Crippen LogP contribution in [-0.4, -0.2) is 74.5 Å². The van der Waals surface area contributed by atoms with E-state index in [0.717, 1.165) is 6.42 Å². The van der Waals surface area contributed by atoms with Crippen LogP contribution in [0.15, 0.2) is 0 Å². The van der Waals surface area contributed by atoms with Crippen molar-refractivity contribution < 1.29 is 24.2 Å². The summed E-state index contributed by atoms with van der Waals surface area (Å²) in [5, 5.41) is 11.9. The molecular weight excluding hydrogens is 264 g/mol. The van der Waals surface area contributed by atoms with Crippen LogP contribution >= 0.6 is 0 Å². The second-order valence-electron chi connectivity index (χ2n) is 5.03. The van der Waals surface area contributed by atoms with E-state index in [1.165, 1.54) is 0 Å². The number of amides is 1. The number of methoxy groups -OCH3 is 1. The summed E-state index contributed by atoms with van der Waals surface area (Å²) in [5.74, 6) is -1.57. The molecule has 1 aliphatic rings. The Kier molecular flexibility index (Phi) is 6.90. The SMILES string of the molecule is COCCCNC(=O)C(C)N(C)C1COCC1C(=O)O. The predicted octanol–water partition coefficient (Wildman–Crippen LogP) is -0.441. The van der Waals surface area contributed by atoms with Gasteiger partial charge in [-0.05, 0) is 20.4 Å². The number of nitrogens with one attached hydrogen (secondary N) is 1. The van der Waals surface area contributed by atoms with Gasteiger partial charge in [-0.25, -0.2) is 0 Å². The number of carbonyl (C=O) groups is 2. The van der Waals surface area contributed by atoms with Crippen molar-refractivity contribution in [1.82, 2.24) is 10.2 Å². The van der Waals surface area contributed by atoms with E-state index in [4.69, 9.17) is 14.6 Å². The number of hydrogen-bond acceptors (Lipinski definition) is 5. The zero-order valence-corrected chi connectivity index (χ0v) is 12.3. The van der Waals surface area contributed by atoms with Crippen molar-refractivity contribution >= 4 is 11.9 Å². The van der Waals surface area contributed by atoms with Crippen LogP contribution in [0.1, 0.15) is 13.3 Å². The highest BCUT2D eigenvalue weighted by atomic mass is 16.5. The van der Waals surface area contributed by atoms with Crippen LogP contribution in [0.25, 0.3) is 0 Å². The zero-order valence-electron chi connectivity index (χ0n) is 12.3. The Labute approximate surface area is 119 Å². The highest BCUT2D eigenvalue weighted by Gasteiger charge is 2.39. The minimum absolute atomic E-state index is 0.111. The number of rotatable bonds is 8. The van der Waals surface area contributed by atoms with Gasteiger partial charge >= 0.3 is 5.97 Å². The molecule has 1 aliphatic heterocycles. The molecule has 3 unspecified atom stereocenters. The van der Waals surface area contributed by atoms with Gasteiger partial charge < -0.3 is 19.9 Å². The summed E-state index contributed by atoms with van der Waals surface area (Å²) in [4.78, 5) is 24.9. The minimum Gasteiger partial charge on any atom is -0.481 e. The number of ether oxygens (including phenoxy) is 2. The molecule has 0 aromatic heterocycles. The van der Waals surface area contributed by atoms with Gasteiger partial charge in [-0.1, -0.05) is 0 Å². The largest absolute Gasteiger partial charge is 0.481 e. The summed E-state index contributed by atoms with van der Waals surface area (Å²) in [6.07, 6.45) is 0.753. The minimum atomic E-state index is -0.882. The molecule has 0 bridgehead atoms. The number of hydrogen-bond donors (Lipinski definition) is 2. The Balaban J connectivity index is 2.46. The topological polar surface area (TPSA) is 88.1 Å². The number of carboxylic acid groups (broad SMARTS) is 1. The van der Waals surface area contributed by atoms with E-state index < -0.39 is 17.9 Å². The Morgan fingerprint density at radius 2 is 2.20 bits per heavy atom. The third-order valence-corrected chi connectivity index (χ3v) is 3.71. The number of carboxylic acids is 1. The van der Waals surface area contributed by atoms with E-state index in [2.05, 4.69) is 5.32 Å². The molecule has 0 aliphatic carbocycles. The summed E-state index contributed by atoms with van der Waals surface area (Å²) in [7, 11) is 3.37. The number of nitrogens with zero attached hydrogens (tertiary/aromatic N) is 1. The van der Waals surface area contributed by atoms with Crippen molar-refractivity contribution in [3.05, 3.63) is 0 Å². The van der Waals surface area contributed by atoms with E-state index in [-0.39, 0.29) is 18.6 Å². The van der Waals surface area contributed by atoms with Gasteiger partial charge in [0.25, 0.3) is 0 Å². The average Bonchev–Trinajstić information content (AvgIpc) is 2.91. The third-order valence-electron chi connectivity index (χ3n) is 3.71. The van der Waals surface area contributed by atoms with Crippen LogP contribution in [0.2, 0.25) is 0 Å². The normalized spacial score (nSPS) is 23.8. The van der Waals surface area contributed by atoms with E-state index in [0.29, 0.717) is 19.8 Å². The second-order valence-corrected chi connectivity index (χ2v) is 5.03. The molecule has 1 fully saturated rings. The van der Waals surface area contributed by atoms with Gasteiger partial charge in [0.2, 0.25) is 5.91 Å². The van der Waals surface area contributed by atoms with Crippen LogP contribution in [0.4, 0.5) is 0 Å². The summed E-state index contributed by atoms with van der Waals surface area (Å²) in [5.41, 5.74) is 0. The fourth-order valence-electron chi connectivity index (χ4n) is 2.23. The highest BCUT2D eigenvalue weighted by Crippen LogP contribution is 2.20. The quantitative estimate of drug-likeness (QED) is 0.589. The Morgan fingerprint density at radius 1 is 1.50 bits per heavy atom. The smallest absolute Gasteiger partial charge is 0.310 e. The van der Waals surface area contributed by atoms with Crippen molar-refractivity contribution in [2.75, 3.05) is 40.5 Å². The monoisotopic (exact) mass is 288 g/mol. The van der Waals surface area contributed by atoms with Gasteiger partial charge in [0, 0.05) is 26.3 Å². The van der Waals surface area contributed by atoms with Crippen LogP contribution in [0, 0.1) is 5.92 Å². The molecule has 1 amide bonds. The lowest BCUT2D eigenvalue weighted by Gasteiger charge is -2.30. The first-order valence-corrected chi connectivity index (χ1v) is 6.78. The fourth-order valence-corrected chi connectivity index (χ4v) is 2.23. The maximum atomic E-state index is 12.0. The fraction of sp³-hybridized carbons (Fsp3) is 0.846. The van der Waals surface area contributed by atoms with Crippen molar-refractivity contribution in [1.29, 1.82) is 0 Å². The first-order valence-electron chi connectivity index (χ1n) is 6.78. The lowest BCUT2D eigenvalue weighted by molar-refractivity contribution is -0.144. The molecule has 1 rings (SSSR count). The molecule has 20 heavy (non-hydrogen) atoms. The molecule has 2 N–H and O–H groups in total. The summed E-state index contributed by atoms with van der Waals surface area (Å²) < 4.78 is 10.1. The van der Waals surface area contributed by atoms with E-state index in [1.54, 1.807) is 26.0 Å². The maximum Gasteiger partial charge on any atom is 0.310 e. The van der Waals surface area contributed by atoms with Crippen molar-refractivity contribution in [3.8, 4) is 0 Å². The summed E-state index contributed by atoms with van der Waals surface area (Å²) >= 11 is 0. The Morgan fingerprint density at radius 3 is 2.80 bits per heavy atom. The molecule has 3 atom stereocenters. The molecule has 0 radical (unpaired) electrons. The van der Waals surface area contributed by atoms with Crippen LogP contribution in [-0.2, 0) is 19.1 Å². The molecule has 1 saturated heterocycles. The van der Waals surface area contributed by atoms with Gasteiger partial charge in [-0.3, -0.25) is 14.5 Å². The second kappa shape index (κ2) is 8.18. The van der Waals surface area contributed by atoms with Crippen molar-refractivity contribution in [3.63, 3.8) is 0 Å². The summed E-state index contributed by atoms with van der Waals surface area (Å²) in [6.45, 7) is 3.46. The van der Waals surface area contributed by atoms with Crippen LogP contribution in [0.3, 0.4) is 0 Å². The predicted molar refractivity (Wildman–Crippen MR) is 72.5 cm³/mol. The van der Waals surface area contributed by atoms with Crippen LogP contribution < -0.4 is 5.32 Å². The van der Waals surface area contributed by atoms with Gasteiger partial charge in [-0.15, -0.1) is 0 Å². The first kappa shape index (κ1) is 16.9. The Bertz CT molecular complexity index is 337. The van der Waals surface area contributed by atoms with Crippen molar-refractivity contribution in [2.45, 2.75) is 25.4 Å². The Hall–Kier alpha value is -1.18. The number of carbonyl (C=O) groups excluding carboxylic acids is 1. The molecular formula is C13H24N2O5. The molecule has 0 spiro atoms. The first-order chi connectivity index (χ1) is 9.49. The van der Waals surface area contributed by atoms with E-state index in [9.17, 15) is 9.59 Å². The molecule has 7 heteroatoms. The molecule has 116 valence electrons. The number of aliphatic carboxylic acids is 1. The van der Waals surface area contributed by atoms with Gasteiger partial charge in [-0.2, -0.15) is 0 Å². The lowest BCUT2D eigenvalue weighted by atomic mass is 10.0. The molecule has 0 saturated carbocycles. The average molecular weight is 288 g/mol. The lowest BCUT2D eigenvalue weighted by Crippen LogP contribution is -2.51. The van der Waals surface area contributed by atoms with Gasteiger partial charge in [0.15, 0.2) is 0 Å². The summed E-state index contributed by atoms with van der Waals surface area (Å²) in [6, 6.07) is -0.668. The molecule has 1 heterocycles. The van der Waals surface area contributed by atoms with E-state index in [1.807, 2.05) is 0 Å². The van der Waals surface area contributed by atoms with Gasteiger partial charge in [0.05, 0.1) is 25.2 Å². The highest BCUT2D eigenvalue weighted by molar-refractivity contribution is 5.81. The third kappa shape index (κ3) is 4.43. The molecule has 0 aromatic carbocycles. The zero-order chi connectivity index (χ0) is 15.1. The maximum absolute atomic E-state index is 12.0.